The van der Waals surface area contributed by atoms with Gasteiger partial charge in [-0.05, 0) is 29.8 Å². The Morgan fingerprint density at radius 3 is 2.33 bits per heavy atom. The smallest absolute Gasteiger partial charge is 0.244 e. The van der Waals surface area contributed by atoms with Crippen LogP contribution in [0.25, 0.3) is 0 Å². The van der Waals surface area contributed by atoms with Crippen LogP contribution in [0.15, 0.2) is 59.7 Å². The first-order chi connectivity index (χ1) is 10.1. The fourth-order valence-electron chi connectivity index (χ4n) is 1.74. The van der Waals surface area contributed by atoms with Gasteiger partial charge in [-0.25, -0.2) is 10.2 Å². The van der Waals surface area contributed by atoms with Gasteiger partial charge in [-0.15, -0.1) is 0 Å². The first kappa shape index (κ1) is 14.9. The molecular formula is C15H15N3O3. The molecule has 0 bridgehead atoms. The average Bonchev–Trinajstić information content (AvgIpc) is 2.48. The molecule has 0 aromatic heterocycles. The minimum Gasteiger partial charge on any atom is -0.595 e. The summed E-state index contributed by atoms with van der Waals surface area (Å²) < 4.78 is 0. The molecule has 2 aromatic carbocycles. The molecular weight excluding hydrogens is 270 g/mol. The minimum absolute atomic E-state index is 0.207. The van der Waals surface area contributed by atoms with Gasteiger partial charge in [0.2, 0.25) is 5.91 Å². The second-order valence-corrected chi connectivity index (χ2v) is 4.34. The van der Waals surface area contributed by atoms with Crippen LogP contribution in [0.3, 0.4) is 0 Å². The molecule has 2 aromatic rings. The highest BCUT2D eigenvalue weighted by atomic mass is 16.8. The molecule has 1 amide bonds. The van der Waals surface area contributed by atoms with Crippen molar-refractivity contribution in [1.82, 2.24) is 0 Å². The van der Waals surface area contributed by atoms with Gasteiger partial charge in [0.25, 0.3) is 0 Å². The van der Waals surface area contributed by atoms with E-state index >= 15 is 0 Å². The van der Waals surface area contributed by atoms with E-state index < -0.39 is 5.23 Å². The first-order valence-corrected chi connectivity index (χ1v) is 6.31. The number of carbonyl (C=O) groups excluding carboxylic acids is 1. The van der Waals surface area contributed by atoms with Crippen molar-refractivity contribution >= 4 is 23.5 Å². The molecule has 1 unspecified atom stereocenters. The summed E-state index contributed by atoms with van der Waals surface area (Å²) in [4.78, 5) is 11.6. The molecule has 0 aliphatic heterocycles. The fourth-order valence-corrected chi connectivity index (χ4v) is 1.74. The zero-order valence-electron chi connectivity index (χ0n) is 11.4. The largest absolute Gasteiger partial charge is 0.595 e. The van der Waals surface area contributed by atoms with Crippen LogP contribution in [0.1, 0.15) is 12.5 Å². The van der Waals surface area contributed by atoms with E-state index in [2.05, 4.69) is 5.10 Å². The van der Waals surface area contributed by atoms with Crippen molar-refractivity contribution in [2.75, 3.05) is 5.01 Å². The van der Waals surface area contributed by atoms with Gasteiger partial charge in [0.05, 0.1) is 11.9 Å². The first-order valence-electron chi connectivity index (χ1n) is 6.31. The van der Waals surface area contributed by atoms with E-state index in [-0.39, 0.29) is 11.6 Å². The van der Waals surface area contributed by atoms with Gasteiger partial charge in [-0.3, -0.25) is 4.79 Å². The molecule has 0 radical (unpaired) electrons. The molecule has 21 heavy (non-hydrogen) atoms. The summed E-state index contributed by atoms with van der Waals surface area (Å²) >= 11 is 0. The zero-order chi connectivity index (χ0) is 15.2. The summed E-state index contributed by atoms with van der Waals surface area (Å²) in [6.45, 7) is 1.43. The molecule has 0 spiro atoms. The molecule has 2 N–H and O–H groups in total. The van der Waals surface area contributed by atoms with E-state index in [0.29, 0.717) is 11.3 Å². The lowest BCUT2D eigenvalue weighted by Gasteiger charge is -2.14. The number of carbonyl (C=O) groups is 1. The number of quaternary nitrogens is 1. The highest BCUT2D eigenvalue weighted by Crippen LogP contribution is 2.14. The van der Waals surface area contributed by atoms with Crippen molar-refractivity contribution in [3.05, 3.63) is 65.4 Å². The van der Waals surface area contributed by atoms with Crippen molar-refractivity contribution in [2.24, 2.45) is 5.10 Å². The number of nitrogens with one attached hydrogen (secondary N) is 1. The molecule has 2 rings (SSSR count). The summed E-state index contributed by atoms with van der Waals surface area (Å²) in [6, 6.07) is 15.3. The molecule has 0 aliphatic carbocycles. The third-order valence-electron chi connectivity index (χ3n) is 2.78. The lowest BCUT2D eigenvalue weighted by atomic mass is 10.2. The van der Waals surface area contributed by atoms with Crippen LogP contribution in [0.5, 0.6) is 0 Å². The predicted octanol–water partition coefficient (Wildman–Crippen LogP) is 1.48. The van der Waals surface area contributed by atoms with E-state index in [4.69, 9.17) is 5.21 Å². The zero-order valence-corrected chi connectivity index (χ0v) is 11.4. The van der Waals surface area contributed by atoms with Crippen molar-refractivity contribution in [3.63, 3.8) is 0 Å². The van der Waals surface area contributed by atoms with E-state index in [1.807, 2.05) is 18.2 Å². The van der Waals surface area contributed by atoms with Crippen LogP contribution < -0.4 is 10.2 Å². The number of anilines is 1. The number of hydrogen-bond donors (Lipinski definition) is 2. The third-order valence-corrected chi connectivity index (χ3v) is 2.78. The summed E-state index contributed by atoms with van der Waals surface area (Å²) in [5, 5.41) is 24.0. The maximum absolute atomic E-state index is 11.6. The van der Waals surface area contributed by atoms with Crippen molar-refractivity contribution < 1.29 is 15.2 Å². The number of hydrogen-bond acceptors (Lipinski definition) is 4. The molecule has 0 heterocycles. The Hall–Kier alpha value is -2.54. The van der Waals surface area contributed by atoms with Crippen molar-refractivity contribution in [3.8, 4) is 0 Å². The lowest BCUT2D eigenvalue weighted by Crippen LogP contribution is -2.99. The Bertz CT molecular complexity index is 624. The van der Waals surface area contributed by atoms with Crippen LogP contribution in [-0.4, -0.2) is 17.3 Å². The molecule has 6 heteroatoms. The number of hydrazone groups is 1. The predicted molar refractivity (Wildman–Crippen MR) is 79.4 cm³/mol. The minimum atomic E-state index is -0.979. The molecule has 0 saturated carbocycles. The maximum Gasteiger partial charge on any atom is 0.244 e. The molecule has 108 valence electrons. The van der Waals surface area contributed by atoms with Gasteiger partial charge in [0, 0.05) is 19.1 Å². The van der Waals surface area contributed by atoms with Gasteiger partial charge in [0.15, 0.2) is 5.69 Å². The SMILES string of the molecule is CC(=O)N(/N=C\c1ccc([NH+]([O-])O)cc1)c1ccccc1. The second-order valence-electron chi connectivity index (χ2n) is 4.34. The number of para-hydroxylation sites is 1. The molecule has 0 saturated heterocycles. The number of benzene rings is 2. The van der Waals surface area contributed by atoms with Gasteiger partial charge in [0.1, 0.15) is 0 Å². The van der Waals surface area contributed by atoms with E-state index in [9.17, 15) is 10.0 Å². The van der Waals surface area contributed by atoms with Gasteiger partial charge in [-0.1, -0.05) is 18.2 Å². The van der Waals surface area contributed by atoms with E-state index in [1.54, 1.807) is 24.3 Å². The highest BCUT2D eigenvalue weighted by Gasteiger charge is 2.08. The van der Waals surface area contributed by atoms with Crippen LogP contribution in [0.2, 0.25) is 0 Å². The van der Waals surface area contributed by atoms with Crippen LogP contribution in [0, 0.1) is 5.21 Å². The molecule has 0 aliphatic rings. The molecule has 1 atom stereocenters. The average molecular weight is 285 g/mol. The number of nitrogens with zero attached hydrogens (tertiary/aromatic N) is 2. The monoisotopic (exact) mass is 285 g/mol. The Kier molecular flexibility index (Phi) is 4.78. The topological polar surface area (TPSA) is 80.4 Å². The summed E-state index contributed by atoms with van der Waals surface area (Å²) in [5.41, 5.74) is 1.59. The van der Waals surface area contributed by atoms with Crippen molar-refractivity contribution in [1.29, 1.82) is 0 Å². The highest BCUT2D eigenvalue weighted by molar-refractivity contribution is 5.93. The Morgan fingerprint density at radius 1 is 1.19 bits per heavy atom. The Labute approximate surface area is 122 Å². The van der Waals surface area contributed by atoms with Crippen LogP contribution in [-0.2, 0) is 4.79 Å². The second kappa shape index (κ2) is 6.76. The lowest BCUT2D eigenvalue weighted by molar-refractivity contribution is -0.991. The molecule has 0 fully saturated rings. The van der Waals surface area contributed by atoms with Crippen molar-refractivity contribution in [2.45, 2.75) is 6.92 Å². The molecule has 6 nitrogen and oxygen atoms in total. The van der Waals surface area contributed by atoms with E-state index in [1.165, 1.54) is 30.3 Å². The quantitative estimate of drug-likeness (QED) is 0.659. The summed E-state index contributed by atoms with van der Waals surface area (Å²) in [6.07, 6.45) is 1.51. The van der Waals surface area contributed by atoms with Gasteiger partial charge < -0.3 is 5.21 Å². The van der Waals surface area contributed by atoms with Gasteiger partial charge >= 0.3 is 0 Å². The fraction of sp³-hybridized carbons (Fsp3) is 0.0667. The standard InChI is InChI=1S/C15H15N3O3/c1-12(19)17(14-5-3-2-4-6-14)16-11-13-7-9-15(10-8-13)18(20)21/h2-11,18,20H,1H3/b16-11-. The third kappa shape index (κ3) is 3.96. The van der Waals surface area contributed by atoms with Crippen LogP contribution >= 0.6 is 0 Å². The number of rotatable bonds is 4. The normalized spacial score (nSPS) is 12.3. The number of amides is 1. The Balaban J connectivity index is 2.19. The Morgan fingerprint density at radius 2 is 1.81 bits per heavy atom. The van der Waals surface area contributed by atoms with Crippen LogP contribution in [0.4, 0.5) is 11.4 Å². The summed E-state index contributed by atoms with van der Waals surface area (Å²) in [7, 11) is 0. The maximum atomic E-state index is 11.6. The summed E-state index contributed by atoms with van der Waals surface area (Å²) in [5.74, 6) is -0.209. The van der Waals surface area contributed by atoms with Gasteiger partial charge in [-0.2, -0.15) is 10.3 Å². The van der Waals surface area contributed by atoms with E-state index in [0.717, 1.165) is 0 Å².